The molecule has 7 nitrogen and oxygen atoms in total. The van der Waals surface area contributed by atoms with Gasteiger partial charge in [-0.15, -0.1) is 0 Å². The second kappa shape index (κ2) is 6.84. The first kappa shape index (κ1) is 17.4. The fourth-order valence-electron chi connectivity index (χ4n) is 2.18. The maximum absolute atomic E-state index is 12.2. The van der Waals surface area contributed by atoms with Crippen LogP contribution < -0.4 is 4.72 Å². The number of nitrogens with zero attached hydrogens (tertiary/aromatic N) is 1. The molecular formula is C12H24N2O5S. The minimum Gasteiger partial charge on any atom is -0.481 e. The Kier molecular flexibility index (Phi) is 5.93. The average Bonchev–Trinajstić information content (AvgIpc) is 2.26. The minimum absolute atomic E-state index is 0.159. The lowest BCUT2D eigenvalue weighted by molar-refractivity contribution is -0.137. The van der Waals surface area contributed by atoms with Crippen LogP contribution in [-0.2, 0) is 19.7 Å². The summed E-state index contributed by atoms with van der Waals surface area (Å²) in [5, 5.41) is 8.92. The highest BCUT2D eigenvalue weighted by atomic mass is 32.2. The van der Waals surface area contributed by atoms with Crippen LogP contribution >= 0.6 is 0 Å². The van der Waals surface area contributed by atoms with E-state index in [0.29, 0.717) is 32.7 Å². The lowest BCUT2D eigenvalue weighted by atomic mass is 9.87. The van der Waals surface area contributed by atoms with Crippen LogP contribution in [0.2, 0.25) is 0 Å². The van der Waals surface area contributed by atoms with Crippen LogP contribution in [0.25, 0.3) is 0 Å². The van der Waals surface area contributed by atoms with Gasteiger partial charge in [-0.3, -0.25) is 4.79 Å². The largest absolute Gasteiger partial charge is 0.481 e. The van der Waals surface area contributed by atoms with Gasteiger partial charge in [0.25, 0.3) is 10.2 Å². The van der Waals surface area contributed by atoms with Gasteiger partial charge in [-0.05, 0) is 11.8 Å². The smallest absolute Gasteiger partial charge is 0.304 e. The predicted octanol–water partition coefficient (Wildman–Crippen LogP) is 0.433. The van der Waals surface area contributed by atoms with E-state index in [0.717, 1.165) is 0 Å². The molecule has 20 heavy (non-hydrogen) atoms. The number of carbonyl (C=O) groups is 1. The molecule has 118 valence electrons. The van der Waals surface area contributed by atoms with E-state index in [1.165, 1.54) is 4.31 Å². The van der Waals surface area contributed by atoms with E-state index < -0.39 is 22.2 Å². The van der Waals surface area contributed by atoms with Crippen LogP contribution in [0.4, 0.5) is 0 Å². The first-order valence-electron chi connectivity index (χ1n) is 6.67. The molecule has 8 heteroatoms. The van der Waals surface area contributed by atoms with Gasteiger partial charge in [0.15, 0.2) is 0 Å². The van der Waals surface area contributed by atoms with Gasteiger partial charge in [0.05, 0.1) is 19.6 Å². The molecule has 1 rings (SSSR count). The molecule has 2 N–H and O–H groups in total. The predicted molar refractivity (Wildman–Crippen MR) is 74.6 cm³/mol. The molecule has 0 aliphatic carbocycles. The van der Waals surface area contributed by atoms with Crippen molar-refractivity contribution in [2.75, 3.05) is 26.3 Å². The van der Waals surface area contributed by atoms with Crippen LogP contribution in [0.3, 0.4) is 0 Å². The third kappa shape index (κ3) is 6.17. The standard InChI is InChI=1S/C12H24N2O5S/c1-12(2,3)9-10(8-11(15)16)13-20(17,18)14-4-6-19-7-5-14/h10,13H,4-9H2,1-3H3,(H,15,16). The number of ether oxygens (including phenoxy) is 1. The molecule has 0 aromatic heterocycles. The highest BCUT2D eigenvalue weighted by Crippen LogP contribution is 2.23. The number of morpholine rings is 1. The van der Waals surface area contributed by atoms with Crippen molar-refractivity contribution in [3.8, 4) is 0 Å². The van der Waals surface area contributed by atoms with Gasteiger partial charge < -0.3 is 9.84 Å². The Hall–Kier alpha value is -0.700. The molecule has 1 saturated heterocycles. The number of rotatable bonds is 6. The van der Waals surface area contributed by atoms with Crippen LogP contribution in [0.15, 0.2) is 0 Å². The molecule has 0 bridgehead atoms. The zero-order chi connectivity index (χ0) is 15.4. The Morgan fingerprint density at radius 3 is 2.35 bits per heavy atom. The molecule has 1 fully saturated rings. The molecule has 0 spiro atoms. The second-order valence-electron chi connectivity index (χ2n) is 6.19. The summed E-state index contributed by atoms with van der Waals surface area (Å²) in [4.78, 5) is 10.9. The summed E-state index contributed by atoms with van der Waals surface area (Å²) in [5.74, 6) is -1.01. The topological polar surface area (TPSA) is 95.9 Å². The van der Waals surface area contributed by atoms with Crippen molar-refractivity contribution in [1.29, 1.82) is 0 Å². The van der Waals surface area contributed by atoms with Gasteiger partial charge in [0.1, 0.15) is 0 Å². The monoisotopic (exact) mass is 308 g/mol. The van der Waals surface area contributed by atoms with Crippen molar-refractivity contribution in [3.63, 3.8) is 0 Å². The summed E-state index contributed by atoms with van der Waals surface area (Å²) in [6, 6.07) is -0.611. The number of carboxylic acid groups (broad SMARTS) is 1. The number of carboxylic acids is 1. The lowest BCUT2D eigenvalue weighted by Gasteiger charge is -2.30. The van der Waals surface area contributed by atoms with Gasteiger partial charge in [0.2, 0.25) is 0 Å². The highest BCUT2D eigenvalue weighted by Gasteiger charge is 2.30. The van der Waals surface area contributed by atoms with E-state index in [1.807, 2.05) is 20.8 Å². The van der Waals surface area contributed by atoms with E-state index >= 15 is 0 Å². The van der Waals surface area contributed by atoms with Crippen LogP contribution in [0.5, 0.6) is 0 Å². The molecule has 0 aromatic rings. The van der Waals surface area contributed by atoms with Crippen molar-refractivity contribution >= 4 is 16.2 Å². The number of aliphatic carboxylic acids is 1. The fourth-order valence-corrected chi connectivity index (χ4v) is 3.54. The van der Waals surface area contributed by atoms with Gasteiger partial charge >= 0.3 is 5.97 Å². The Morgan fingerprint density at radius 1 is 1.35 bits per heavy atom. The molecular weight excluding hydrogens is 284 g/mol. The summed E-state index contributed by atoms with van der Waals surface area (Å²) in [7, 11) is -3.66. The molecule has 1 heterocycles. The summed E-state index contributed by atoms with van der Waals surface area (Å²) in [6.07, 6.45) is 0.240. The van der Waals surface area contributed by atoms with Crippen molar-refractivity contribution < 1.29 is 23.1 Å². The Bertz CT molecular complexity index is 424. The highest BCUT2D eigenvalue weighted by molar-refractivity contribution is 7.87. The SMILES string of the molecule is CC(C)(C)CC(CC(=O)O)NS(=O)(=O)N1CCOCC1. The number of hydrogen-bond acceptors (Lipinski definition) is 4. The molecule has 0 amide bonds. The van der Waals surface area contributed by atoms with E-state index in [1.54, 1.807) is 0 Å². The van der Waals surface area contributed by atoms with E-state index in [2.05, 4.69) is 4.72 Å². The summed E-state index contributed by atoms with van der Waals surface area (Å²) in [6.45, 7) is 7.17. The van der Waals surface area contributed by atoms with Crippen LogP contribution in [0, 0.1) is 5.41 Å². The van der Waals surface area contributed by atoms with E-state index in [9.17, 15) is 13.2 Å². The molecule has 1 atom stereocenters. The van der Waals surface area contributed by atoms with E-state index in [-0.39, 0.29) is 11.8 Å². The molecule has 0 saturated carbocycles. The van der Waals surface area contributed by atoms with Crippen LogP contribution in [0.1, 0.15) is 33.6 Å². The Morgan fingerprint density at radius 2 is 1.90 bits per heavy atom. The van der Waals surface area contributed by atoms with Crippen molar-refractivity contribution in [2.24, 2.45) is 5.41 Å². The molecule has 0 radical (unpaired) electrons. The van der Waals surface area contributed by atoms with E-state index in [4.69, 9.17) is 9.84 Å². The van der Waals surface area contributed by atoms with Crippen molar-refractivity contribution in [2.45, 2.75) is 39.7 Å². The normalized spacial score (nSPS) is 19.8. The zero-order valence-electron chi connectivity index (χ0n) is 12.3. The van der Waals surface area contributed by atoms with Gasteiger partial charge in [-0.25, -0.2) is 0 Å². The summed E-state index contributed by atoms with van der Waals surface area (Å²) in [5.41, 5.74) is -0.159. The maximum Gasteiger partial charge on any atom is 0.304 e. The number of nitrogens with one attached hydrogen (secondary N) is 1. The van der Waals surface area contributed by atoms with Crippen molar-refractivity contribution in [3.05, 3.63) is 0 Å². The maximum atomic E-state index is 12.2. The number of hydrogen-bond donors (Lipinski definition) is 2. The molecule has 0 aromatic carbocycles. The first-order valence-corrected chi connectivity index (χ1v) is 8.11. The molecule has 1 aliphatic rings. The zero-order valence-corrected chi connectivity index (χ0v) is 13.1. The molecule has 1 aliphatic heterocycles. The van der Waals surface area contributed by atoms with Gasteiger partial charge in [-0.2, -0.15) is 17.4 Å². The Labute approximate surface area is 120 Å². The minimum atomic E-state index is -3.66. The molecule has 1 unspecified atom stereocenters. The third-order valence-electron chi connectivity index (χ3n) is 2.91. The Balaban J connectivity index is 2.73. The fraction of sp³-hybridized carbons (Fsp3) is 0.917. The third-order valence-corrected chi connectivity index (χ3v) is 4.58. The quantitative estimate of drug-likeness (QED) is 0.742. The first-order chi connectivity index (χ1) is 9.10. The average molecular weight is 308 g/mol. The summed E-state index contributed by atoms with van der Waals surface area (Å²) < 4.78 is 33.4. The lowest BCUT2D eigenvalue weighted by Crippen LogP contribution is -2.50. The van der Waals surface area contributed by atoms with Gasteiger partial charge in [-0.1, -0.05) is 20.8 Å². The second-order valence-corrected chi connectivity index (χ2v) is 7.90. The van der Waals surface area contributed by atoms with Gasteiger partial charge in [0, 0.05) is 19.1 Å². The van der Waals surface area contributed by atoms with Crippen molar-refractivity contribution in [1.82, 2.24) is 9.03 Å². The summed E-state index contributed by atoms with van der Waals surface area (Å²) >= 11 is 0. The van der Waals surface area contributed by atoms with Crippen LogP contribution in [-0.4, -0.2) is 56.1 Å².